The summed E-state index contributed by atoms with van der Waals surface area (Å²) in [6, 6.07) is 13.0. The van der Waals surface area contributed by atoms with Crippen molar-refractivity contribution in [2.75, 3.05) is 0 Å². The van der Waals surface area contributed by atoms with E-state index in [0.29, 0.717) is 10.8 Å². The molecule has 0 radical (unpaired) electrons. The third-order valence-corrected chi connectivity index (χ3v) is 4.56. The van der Waals surface area contributed by atoms with Gasteiger partial charge in [-0.1, -0.05) is 29.8 Å². The molecule has 1 N–H and O–H groups in total. The smallest absolute Gasteiger partial charge is 0.288 e. The zero-order valence-corrected chi connectivity index (χ0v) is 13.4. The Hall–Kier alpha value is -2.04. The van der Waals surface area contributed by atoms with Crippen LogP contribution in [0.25, 0.3) is 0 Å². The summed E-state index contributed by atoms with van der Waals surface area (Å²) < 4.78 is 5.27. The van der Waals surface area contributed by atoms with E-state index in [-0.39, 0.29) is 11.9 Å². The van der Waals surface area contributed by atoms with Crippen LogP contribution in [-0.2, 0) is 0 Å². The molecule has 3 nitrogen and oxygen atoms in total. The maximum atomic E-state index is 12.4. The quantitative estimate of drug-likeness (QED) is 0.744. The number of thiophene rings is 1. The van der Waals surface area contributed by atoms with Gasteiger partial charge >= 0.3 is 0 Å². The van der Waals surface area contributed by atoms with Gasteiger partial charge in [-0.15, -0.1) is 11.3 Å². The normalized spacial score (nSPS) is 12.1. The lowest BCUT2D eigenvalue weighted by Gasteiger charge is -2.17. The zero-order valence-electron chi connectivity index (χ0n) is 11.9. The molecule has 3 rings (SSSR count). The minimum absolute atomic E-state index is 0.226. The standard InChI is InChI=1S/C17H14ClNO2S/c1-11-8-9-21-16(11)17(20)19-15(14-3-2-10-22-14)12-4-6-13(18)7-5-12/h2-10,15H,1H3,(H,19,20). The Bertz CT molecular complexity index is 762. The van der Waals surface area contributed by atoms with Gasteiger partial charge in [-0.2, -0.15) is 0 Å². The van der Waals surface area contributed by atoms with Crippen LogP contribution in [0.4, 0.5) is 0 Å². The van der Waals surface area contributed by atoms with E-state index in [9.17, 15) is 4.79 Å². The van der Waals surface area contributed by atoms with Crippen LogP contribution in [0.15, 0.2) is 58.5 Å². The number of carbonyl (C=O) groups is 1. The fourth-order valence-electron chi connectivity index (χ4n) is 2.23. The lowest BCUT2D eigenvalue weighted by molar-refractivity contribution is 0.0914. The maximum absolute atomic E-state index is 12.4. The summed E-state index contributed by atoms with van der Waals surface area (Å²) in [5.41, 5.74) is 1.79. The highest BCUT2D eigenvalue weighted by Crippen LogP contribution is 2.27. The Labute approximate surface area is 137 Å². The van der Waals surface area contributed by atoms with E-state index >= 15 is 0 Å². The fourth-order valence-corrected chi connectivity index (χ4v) is 3.16. The Morgan fingerprint density at radius 3 is 2.59 bits per heavy atom. The SMILES string of the molecule is Cc1ccoc1C(=O)NC(c1ccc(Cl)cc1)c1cccs1. The lowest BCUT2D eigenvalue weighted by atomic mass is 10.1. The van der Waals surface area contributed by atoms with Gasteiger partial charge in [0.05, 0.1) is 12.3 Å². The predicted molar refractivity (Wildman–Crippen MR) is 88.5 cm³/mol. The molecule has 0 fully saturated rings. The number of hydrogen-bond donors (Lipinski definition) is 1. The molecule has 22 heavy (non-hydrogen) atoms. The van der Waals surface area contributed by atoms with Crippen LogP contribution in [0.2, 0.25) is 5.02 Å². The number of benzene rings is 1. The molecule has 0 saturated carbocycles. The van der Waals surface area contributed by atoms with Crippen molar-refractivity contribution in [1.82, 2.24) is 5.32 Å². The second-order valence-electron chi connectivity index (χ2n) is 4.91. The zero-order chi connectivity index (χ0) is 15.5. The second kappa shape index (κ2) is 6.38. The summed E-state index contributed by atoms with van der Waals surface area (Å²) in [6.07, 6.45) is 1.52. The van der Waals surface area contributed by atoms with Gasteiger partial charge in [0.25, 0.3) is 5.91 Å². The first kappa shape index (κ1) is 14.9. The second-order valence-corrected chi connectivity index (χ2v) is 6.32. The van der Waals surface area contributed by atoms with Gasteiger partial charge in [-0.3, -0.25) is 4.79 Å². The highest BCUT2D eigenvalue weighted by atomic mass is 35.5. The van der Waals surface area contributed by atoms with E-state index in [4.69, 9.17) is 16.0 Å². The third-order valence-electron chi connectivity index (χ3n) is 3.37. The first-order chi connectivity index (χ1) is 10.6. The van der Waals surface area contributed by atoms with Crippen molar-refractivity contribution >= 4 is 28.8 Å². The van der Waals surface area contributed by atoms with Crippen LogP contribution in [-0.4, -0.2) is 5.91 Å². The number of halogens is 1. The van der Waals surface area contributed by atoms with Gasteiger partial charge < -0.3 is 9.73 Å². The largest absolute Gasteiger partial charge is 0.459 e. The van der Waals surface area contributed by atoms with Crippen molar-refractivity contribution in [1.29, 1.82) is 0 Å². The molecule has 2 heterocycles. The molecule has 5 heteroatoms. The van der Waals surface area contributed by atoms with Gasteiger partial charge in [0.15, 0.2) is 5.76 Å². The molecule has 1 aromatic carbocycles. The van der Waals surface area contributed by atoms with Crippen LogP contribution in [0.1, 0.15) is 32.6 Å². The van der Waals surface area contributed by atoms with E-state index in [1.807, 2.05) is 48.7 Å². The van der Waals surface area contributed by atoms with E-state index in [1.54, 1.807) is 17.4 Å². The maximum Gasteiger partial charge on any atom is 0.288 e. The summed E-state index contributed by atoms with van der Waals surface area (Å²) in [4.78, 5) is 13.5. The number of hydrogen-bond acceptors (Lipinski definition) is 3. The van der Waals surface area contributed by atoms with Crippen LogP contribution >= 0.6 is 22.9 Å². The summed E-state index contributed by atoms with van der Waals surface area (Å²) in [5, 5.41) is 5.69. The van der Waals surface area contributed by atoms with Gasteiger partial charge in [0.1, 0.15) is 0 Å². The number of aryl methyl sites for hydroxylation is 1. The lowest BCUT2D eigenvalue weighted by Crippen LogP contribution is -2.28. The molecule has 0 aliphatic carbocycles. The molecule has 2 aromatic heterocycles. The van der Waals surface area contributed by atoms with Crippen LogP contribution in [0.3, 0.4) is 0 Å². The van der Waals surface area contributed by atoms with E-state index < -0.39 is 0 Å². The van der Waals surface area contributed by atoms with Crippen molar-refractivity contribution in [2.45, 2.75) is 13.0 Å². The first-order valence-electron chi connectivity index (χ1n) is 6.79. The highest BCUT2D eigenvalue weighted by Gasteiger charge is 2.21. The van der Waals surface area contributed by atoms with Crippen molar-refractivity contribution in [3.8, 4) is 0 Å². The molecule has 112 valence electrons. The predicted octanol–water partition coefficient (Wildman–Crippen LogP) is 4.82. The number of amides is 1. The van der Waals surface area contributed by atoms with Crippen molar-refractivity contribution in [3.63, 3.8) is 0 Å². The minimum Gasteiger partial charge on any atom is -0.459 e. The number of nitrogens with one attached hydrogen (secondary N) is 1. The Balaban J connectivity index is 1.91. The van der Waals surface area contributed by atoms with Gasteiger partial charge in [0, 0.05) is 15.5 Å². The Morgan fingerprint density at radius 2 is 2.00 bits per heavy atom. The Kier molecular flexibility index (Phi) is 4.32. The summed E-state index contributed by atoms with van der Waals surface area (Å²) in [7, 11) is 0. The van der Waals surface area contributed by atoms with Crippen molar-refractivity contribution in [2.24, 2.45) is 0 Å². The van der Waals surface area contributed by atoms with E-state index in [1.165, 1.54) is 6.26 Å². The molecule has 0 aliphatic heterocycles. The van der Waals surface area contributed by atoms with Crippen LogP contribution in [0.5, 0.6) is 0 Å². The average Bonchev–Trinajstić information content (AvgIpc) is 3.17. The van der Waals surface area contributed by atoms with E-state index in [2.05, 4.69) is 5.32 Å². The van der Waals surface area contributed by atoms with E-state index in [0.717, 1.165) is 16.0 Å². The molecular formula is C17H14ClNO2S. The van der Waals surface area contributed by atoms with Crippen LogP contribution in [0, 0.1) is 6.92 Å². The molecular weight excluding hydrogens is 318 g/mol. The molecule has 1 atom stereocenters. The molecule has 0 bridgehead atoms. The third kappa shape index (κ3) is 3.08. The fraction of sp³-hybridized carbons (Fsp3) is 0.118. The topological polar surface area (TPSA) is 42.2 Å². The number of furan rings is 1. The van der Waals surface area contributed by atoms with Crippen LogP contribution < -0.4 is 5.32 Å². The summed E-state index contributed by atoms with van der Waals surface area (Å²) >= 11 is 7.54. The summed E-state index contributed by atoms with van der Waals surface area (Å²) in [6.45, 7) is 1.85. The minimum atomic E-state index is -0.228. The van der Waals surface area contributed by atoms with Crippen molar-refractivity contribution < 1.29 is 9.21 Å². The monoisotopic (exact) mass is 331 g/mol. The average molecular weight is 332 g/mol. The molecule has 0 aliphatic rings. The van der Waals surface area contributed by atoms with Crippen molar-refractivity contribution in [3.05, 3.63) is 80.9 Å². The molecule has 1 unspecified atom stereocenters. The molecule has 3 aromatic rings. The Morgan fingerprint density at radius 1 is 1.23 bits per heavy atom. The summed E-state index contributed by atoms with van der Waals surface area (Å²) in [5.74, 6) is 0.117. The molecule has 1 amide bonds. The molecule has 0 spiro atoms. The van der Waals surface area contributed by atoms with Gasteiger partial charge in [0.2, 0.25) is 0 Å². The number of rotatable bonds is 4. The van der Waals surface area contributed by atoms with Gasteiger partial charge in [-0.25, -0.2) is 0 Å². The molecule has 0 saturated heterocycles. The highest BCUT2D eigenvalue weighted by molar-refractivity contribution is 7.10. The van der Waals surface area contributed by atoms with Gasteiger partial charge in [-0.05, 0) is 42.1 Å². The number of carbonyl (C=O) groups excluding carboxylic acids is 1. The first-order valence-corrected chi connectivity index (χ1v) is 8.05.